The van der Waals surface area contributed by atoms with Gasteiger partial charge in [0.15, 0.2) is 0 Å². The van der Waals surface area contributed by atoms with Crippen LogP contribution in [0.4, 0.5) is 26.3 Å². The summed E-state index contributed by atoms with van der Waals surface area (Å²) < 4.78 is 97.5. The molecule has 0 aliphatic heterocycles. The Labute approximate surface area is 269 Å². The standard InChI is InChI=1S/C18H34O4.C14H20F6O4/c1-7-21-17(19)15(11-9-13(3)4)16(12-10-14(5)6)18(20)22-8-2;1-5-23-11(21)9(7(3)13(15,16)17)10(12(22)24-6-2)8(4)14(18,19)20/h13-16H,7-12H2,1-6H3;7-10H,5-6H2,1-4H3. The maximum absolute atomic E-state index is 13.0. The van der Waals surface area contributed by atoms with E-state index in [0.717, 1.165) is 12.8 Å². The molecule has 0 aliphatic rings. The van der Waals surface area contributed by atoms with Crippen LogP contribution in [0.15, 0.2) is 0 Å². The fraction of sp³-hybridized carbons (Fsp3) is 0.875. The van der Waals surface area contributed by atoms with Gasteiger partial charge in [0.05, 0.1) is 61.9 Å². The lowest BCUT2D eigenvalue weighted by atomic mass is 9.75. The topological polar surface area (TPSA) is 105 Å². The molecule has 0 fully saturated rings. The van der Waals surface area contributed by atoms with Crippen LogP contribution in [0.2, 0.25) is 0 Å². The van der Waals surface area contributed by atoms with Crippen LogP contribution in [-0.2, 0) is 38.1 Å². The Morgan fingerprint density at radius 1 is 0.457 bits per heavy atom. The van der Waals surface area contributed by atoms with Crippen molar-refractivity contribution in [2.75, 3.05) is 26.4 Å². The minimum atomic E-state index is -4.99. The van der Waals surface area contributed by atoms with Crippen LogP contribution in [-0.4, -0.2) is 62.7 Å². The zero-order valence-electron chi connectivity index (χ0n) is 28.8. The van der Waals surface area contributed by atoms with Gasteiger partial charge in [-0.3, -0.25) is 19.2 Å². The van der Waals surface area contributed by atoms with Crippen molar-refractivity contribution in [3.8, 4) is 0 Å². The third kappa shape index (κ3) is 16.9. The fourth-order valence-corrected chi connectivity index (χ4v) is 4.70. The molecule has 0 rings (SSSR count). The predicted molar refractivity (Wildman–Crippen MR) is 159 cm³/mol. The molecule has 0 amide bonds. The van der Waals surface area contributed by atoms with E-state index in [0.29, 0.717) is 51.7 Å². The SMILES string of the molecule is CCOC(=O)C(C(C(=O)OCC)C(C)C(F)(F)F)C(C)C(F)(F)F.CCOC(=O)C(CCC(C)C)C(CCC(C)C)C(=O)OCC. The quantitative estimate of drug-likeness (QED) is 0.0816. The van der Waals surface area contributed by atoms with Gasteiger partial charge in [0, 0.05) is 0 Å². The maximum atomic E-state index is 13.0. The zero-order chi connectivity index (χ0) is 36.4. The number of esters is 4. The van der Waals surface area contributed by atoms with Crippen molar-refractivity contribution in [1.82, 2.24) is 0 Å². The van der Waals surface area contributed by atoms with E-state index < -0.39 is 48.0 Å². The highest BCUT2D eigenvalue weighted by atomic mass is 19.4. The third-order valence-corrected chi connectivity index (χ3v) is 7.39. The smallest absolute Gasteiger partial charge is 0.392 e. The number of carbonyl (C=O) groups excluding carboxylic acids is 4. The second-order valence-electron chi connectivity index (χ2n) is 11.9. The average Bonchev–Trinajstić information content (AvgIpc) is 2.92. The summed E-state index contributed by atoms with van der Waals surface area (Å²) in [4.78, 5) is 48.5. The van der Waals surface area contributed by atoms with Crippen molar-refractivity contribution in [3.05, 3.63) is 0 Å². The Hall–Kier alpha value is -2.54. The van der Waals surface area contributed by atoms with Gasteiger partial charge in [-0.15, -0.1) is 0 Å². The number of halogens is 6. The Morgan fingerprint density at radius 3 is 0.891 bits per heavy atom. The highest BCUT2D eigenvalue weighted by Crippen LogP contribution is 2.43. The van der Waals surface area contributed by atoms with Gasteiger partial charge in [-0.1, -0.05) is 54.4 Å². The molecule has 0 bridgehead atoms. The molecule has 0 saturated carbocycles. The first-order valence-electron chi connectivity index (χ1n) is 15.9. The lowest BCUT2D eigenvalue weighted by molar-refractivity contribution is -0.225. The van der Waals surface area contributed by atoms with Gasteiger partial charge in [0.1, 0.15) is 0 Å². The highest BCUT2D eigenvalue weighted by Gasteiger charge is 2.56. The molecule has 0 N–H and O–H groups in total. The number of alkyl halides is 6. The van der Waals surface area contributed by atoms with Gasteiger partial charge in [-0.05, 0) is 52.4 Å². The van der Waals surface area contributed by atoms with E-state index in [1.165, 1.54) is 13.8 Å². The largest absolute Gasteiger partial charge is 0.466 e. The lowest BCUT2D eigenvalue weighted by Gasteiger charge is -2.33. The molecule has 0 saturated heterocycles. The lowest BCUT2D eigenvalue weighted by Crippen LogP contribution is -2.47. The summed E-state index contributed by atoms with van der Waals surface area (Å²) in [6, 6.07) is 0. The summed E-state index contributed by atoms with van der Waals surface area (Å²) in [5.74, 6) is -13.1. The van der Waals surface area contributed by atoms with Crippen molar-refractivity contribution in [2.24, 2.45) is 47.3 Å². The Balaban J connectivity index is 0. The second-order valence-corrected chi connectivity index (χ2v) is 11.9. The Bertz CT molecular complexity index is 832. The number of hydrogen-bond acceptors (Lipinski definition) is 8. The summed E-state index contributed by atoms with van der Waals surface area (Å²) in [6.45, 7) is 15.7. The van der Waals surface area contributed by atoms with Crippen LogP contribution in [0.5, 0.6) is 0 Å². The predicted octanol–water partition coefficient (Wildman–Crippen LogP) is 7.96. The van der Waals surface area contributed by atoms with Crippen LogP contribution >= 0.6 is 0 Å². The van der Waals surface area contributed by atoms with Gasteiger partial charge in [-0.25, -0.2) is 0 Å². The van der Waals surface area contributed by atoms with Crippen LogP contribution in [0, 0.1) is 47.3 Å². The molecule has 14 heteroatoms. The van der Waals surface area contributed by atoms with Crippen LogP contribution in [0.3, 0.4) is 0 Å². The van der Waals surface area contributed by atoms with Gasteiger partial charge < -0.3 is 18.9 Å². The molecule has 6 unspecified atom stereocenters. The summed E-state index contributed by atoms with van der Waals surface area (Å²) >= 11 is 0. The molecular formula is C32H54F6O8. The van der Waals surface area contributed by atoms with Gasteiger partial charge in [0.2, 0.25) is 0 Å². The molecule has 8 nitrogen and oxygen atoms in total. The first-order chi connectivity index (χ1) is 21.1. The van der Waals surface area contributed by atoms with E-state index in [4.69, 9.17) is 9.47 Å². The highest BCUT2D eigenvalue weighted by molar-refractivity contribution is 5.83. The second kappa shape index (κ2) is 22.1. The van der Waals surface area contributed by atoms with Gasteiger partial charge in [0.25, 0.3) is 0 Å². The van der Waals surface area contributed by atoms with Gasteiger partial charge in [-0.2, -0.15) is 26.3 Å². The number of carbonyl (C=O) groups is 4. The van der Waals surface area contributed by atoms with E-state index in [-0.39, 0.29) is 37.0 Å². The minimum Gasteiger partial charge on any atom is -0.466 e. The summed E-state index contributed by atoms with van der Waals surface area (Å²) in [7, 11) is 0. The molecule has 0 aromatic carbocycles. The summed E-state index contributed by atoms with van der Waals surface area (Å²) in [6.07, 6.45) is -6.82. The fourth-order valence-electron chi connectivity index (χ4n) is 4.70. The Kier molecular flexibility index (Phi) is 21.9. The monoisotopic (exact) mass is 680 g/mol. The summed E-state index contributed by atoms with van der Waals surface area (Å²) in [5, 5.41) is 0. The minimum absolute atomic E-state index is 0.259. The molecule has 6 atom stereocenters. The third-order valence-electron chi connectivity index (χ3n) is 7.39. The molecule has 0 aliphatic carbocycles. The van der Waals surface area contributed by atoms with Crippen LogP contribution < -0.4 is 0 Å². The molecule has 272 valence electrons. The number of rotatable bonds is 18. The first kappa shape index (κ1) is 45.6. The normalized spacial score (nSPS) is 15.9. The van der Waals surface area contributed by atoms with Crippen molar-refractivity contribution in [1.29, 1.82) is 0 Å². The molecule has 0 radical (unpaired) electrons. The van der Waals surface area contributed by atoms with E-state index in [2.05, 4.69) is 37.2 Å². The van der Waals surface area contributed by atoms with E-state index >= 15 is 0 Å². The van der Waals surface area contributed by atoms with Gasteiger partial charge >= 0.3 is 36.2 Å². The molecule has 0 heterocycles. The molecule has 0 spiro atoms. The first-order valence-corrected chi connectivity index (χ1v) is 15.9. The van der Waals surface area contributed by atoms with Crippen molar-refractivity contribution < 1.29 is 64.5 Å². The maximum Gasteiger partial charge on any atom is 0.392 e. The molecule has 46 heavy (non-hydrogen) atoms. The molecule has 0 aromatic rings. The number of hydrogen-bond donors (Lipinski definition) is 0. The zero-order valence-corrected chi connectivity index (χ0v) is 28.8. The molecule has 0 aromatic heterocycles. The van der Waals surface area contributed by atoms with Crippen LogP contribution in [0.25, 0.3) is 0 Å². The van der Waals surface area contributed by atoms with Crippen molar-refractivity contribution in [2.45, 2.75) is 107 Å². The number of ether oxygens (including phenoxy) is 4. The van der Waals surface area contributed by atoms with E-state index in [1.807, 2.05) is 0 Å². The summed E-state index contributed by atoms with van der Waals surface area (Å²) in [5.41, 5.74) is 0. The van der Waals surface area contributed by atoms with E-state index in [1.54, 1.807) is 13.8 Å². The Morgan fingerprint density at radius 2 is 0.696 bits per heavy atom. The average molecular weight is 681 g/mol. The van der Waals surface area contributed by atoms with Crippen LogP contribution in [0.1, 0.15) is 94.9 Å². The van der Waals surface area contributed by atoms with Crippen molar-refractivity contribution in [3.63, 3.8) is 0 Å². The van der Waals surface area contributed by atoms with E-state index in [9.17, 15) is 45.5 Å². The molecular weight excluding hydrogens is 626 g/mol. The van der Waals surface area contributed by atoms with Crippen molar-refractivity contribution >= 4 is 23.9 Å².